The van der Waals surface area contributed by atoms with Crippen LogP contribution in [0.25, 0.3) is 0 Å². The van der Waals surface area contributed by atoms with E-state index in [4.69, 9.17) is 37.0 Å². The van der Waals surface area contributed by atoms with Gasteiger partial charge in [-0.25, -0.2) is 9.13 Å². The Balaban J connectivity index is 5.25. The molecule has 2 unspecified atom stereocenters. The number of hydrogen-bond donors (Lipinski definition) is 3. The first kappa shape index (κ1) is 102. The predicted octanol–water partition coefficient (Wildman–Crippen LogP) is 26.1. The standard InChI is InChI=1S/C85H166O17P2/c1-5-9-13-17-21-25-29-33-36-38-40-42-45-48-52-56-60-64-68-72-85(90)102-81(76-96-83(88)70-66-62-58-54-50-46-44-41-39-37-34-30-26-22-18-14-10-6-2)78-100-104(93,94)98-74-79(86)73-97-103(91,92)99-77-80(75-95-82(87)69-65-61-57-53-49-32-28-24-20-16-12-8-4)101-84(89)71-67-63-59-55-51-47-43-35-31-27-23-19-15-11-7-3/h79-81,86H,5-78H2,1-4H3,(H,91,92)(H,93,94)/t79-,80+,81+/m0/s1. The lowest BCUT2D eigenvalue weighted by Crippen LogP contribution is -2.30. The van der Waals surface area contributed by atoms with Crippen molar-refractivity contribution in [2.75, 3.05) is 39.6 Å². The largest absolute Gasteiger partial charge is 0.472 e. The smallest absolute Gasteiger partial charge is 0.462 e. The fourth-order valence-corrected chi connectivity index (χ4v) is 14.9. The van der Waals surface area contributed by atoms with Crippen LogP contribution < -0.4 is 0 Å². The molecule has 0 rings (SSSR count). The molecule has 0 aliphatic carbocycles. The van der Waals surface area contributed by atoms with Gasteiger partial charge in [-0.3, -0.25) is 37.3 Å². The molecule has 0 fully saturated rings. The maximum atomic E-state index is 13.1. The molecule has 104 heavy (non-hydrogen) atoms. The number of unbranched alkanes of at least 4 members (excludes halogenated alkanes) is 60. The lowest BCUT2D eigenvalue weighted by molar-refractivity contribution is -0.161. The summed E-state index contributed by atoms with van der Waals surface area (Å²) in [6.07, 6.45) is 73.5. The molecule has 3 N–H and O–H groups in total. The van der Waals surface area contributed by atoms with E-state index in [9.17, 15) is 43.2 Å². The number of esters is 4. The van der Waals surface area contributed by atoms with E-state index < -0.39 is 97.5 Å². The van der Waals surface area contributed by atoms with Crippen LogP contribution in [0.4, 0.5) is 0 Å². The van der Waals surface area contributed by atoms with Gasteiger partial charge in [0.25, 0.3) is 0 Å². The fourth-order valence-electron chi connectivity index (χ4n) is 13.3. The van der Waals surface area contributed by atoms with Crippen LogP contribution in [0.2, 0.25) is 0 Å². The molecule has 0 saturated heterocycles. The molecule has 0 bridgehead atoms. The first-order valence-corrected chi connectivity index (χ1v) is 47.3. The lowest BCUT2D eigenvalue weighted by Gasteiger charge is -2.21. The zero-order valence-corrected chi connectivity index (χ0v) is 69.8. The number of phosphoric acid groups is 2. The molecule has 19 heteroatoms. The van der Waals surface area contributed by atoms with Crippen molar-refractivity contribution in [2.45, 2.75) is 483 Å². The monoisotopic (exact) mass is 1520 g/mol. The molecule has 0 aliphatic rings. The molecule has 0 aliphatic heterocycles. The third-order valence-electron chi connectivity index (χ3n) is 20.1. The summed E-state index contributed by atoms with van der Waals surface area (Å²) in [5, 5.41) is 10.7. The van der Waals surface area contributed by atoms with Gasteiger partial charge in [-0.15, -0.1) is 0 Å². The quantitative estimate of drug-likeness (QED) is 0.0222. The lowest BCUT2D eigenvalue weighted by atomic mass is 10.0. The molecule has 17 nitrogen and oxygen atoms in total. The van der Waals surface area contributed by atoms with E-state index >= 15 is 0 Å². The van der Waals surface area contributed by atoms with E-state index in [1.807, 2.05) is 0 Å². The highest BCUT2D eigenvalue weighted by Crippen LogP contribution is 2.45. The highest BCUT2D eigenvalue weighted by Gasteiger charge is 2.30. The van der Waals surface area contributed by atoms with Gasteiger partial charge in [0.2, 0.25) is 0 Å². The van der Waals surface area contributed by atoms with Gasteiger partial charge in [-0.2, -0.15) is 0 Å². The maximum absolute atomic E-state index is 13.1. The molecule has 0 heterocycles. The normalized spacial score (nSPS) is 13.7. The molecule has 618 valence electrons. The Kier molecular flexibility index (Phi) is 77.7. The van der Waals surface area contributed by atoms with Crippen LogP contribution in [0.5, 0.6) is 0 Å². The summed E-state index contributed by atoms with van der Waals surface area (Å²) in [5.74, 6) is -2.10. The molecule has 0 amide bonds. The van der Waals surface area contributed by atoms with Gasteiger partial charge in [0.1, 0.15) is 19.3 Å². The van der Waals surface area contributed by atoms with Crippen LogP contribution in [-0.2, 0) is 65.4 Å². The van der Waals surface area contributed by atoms with Gasteiger partial charge in [0.15, 0.2) is 12.2 Å². The Labute approximate surface area is 638 Å². The van der Waals surface area contributed by atoms with Gasteiger partial charge < -0.3 is 33.8 Å². The van der Waals surface area contributed by atoms with Crippen molar-refractivity contribution < 1.29 is 80.2 Å². The van der Waals surface area contributed by atoms with Crippen LogP contribution in [0.15, 0.2) is 0 Å². The SMILES string of the molecule is CCCCCCCCCCCCCCCCCCCCCC(=O)O[C@H](COC(=O)CCCCCCCCCCCCCCCCCCCC)COP(=O)(O)OC[C@@H](O)COP(=O)(O)OC[C@@H](COC(=O)CCCCCCCCCCCCCC)OC(=O)CCCCCCCCCCCCCCCCC. The van der Waals surface area contributed by atoms with Crippen LogP contribution in [0, 0.1) is 0 Å². The molecular formula is C85H166O17P2. The summed E-state index contributed by atoms with van der Waals surface area (Å²) in [4.78, 5) is 73.2. The first-order chi connectivity index (χ1) is 50.7. The summed E-state index contributed by atoms with van der Waals surface area (Å²) < 4.78 is 68.9. The average molecular weight is 1520 g/mol. The fraction of sp³-hybridized carbons (Fsp3) is 0.953. The Morgan fingerprint density at radius 1 is 0.231 bits per heavy atom. The van der Waals surface area contributed by atoms with E-state index in [2.05, 4.69) is 27.7 Å². The van der Waals surface area contributed by atoms with Crippen LogP contribution in [-0.4, -0.2) is 96.7 Å². The predicted molar refractivity (Wildman–Crippen MR) is 428 cm³/mol. The van der Waals surface area contributed by atoms with Gasteiger partial charge in [-0.05, 0) is 25.7 Å². The number of hydrogen-bond acceptors (Lipinski definition) is 15. The van der Waals surface area contributed by atoms with E-state index in [0.29, 0.717) is 25.7 Å². The summed E-state index contributed by atoms with van der Waals surface area (Å²) in [6.45, 7) is 5.06. The van der Waals surface area contributed by atoms with E-state index in [-0.39, 0.29) is 25.7 Å². The zero-order chi connectivity index (χ0) is 76.0. The third kappa shape index (κ3) is 78.2. The van der Waals surface area contributed by atoms with Crippen molar-refractivity contribution in [1.29, 1.82) is 0 Å². The second kappa shape index (κ2) is 79.2. The van der Waals surface area contributed by atoms with Crippen molar-refractivity contribution in [3.8, 4) is 0 Å². The molecule has 5 atom stereocenters. The average Bonchev–Trinajstić information content (AvgIpc) is 0.916. The molecular weight excluding hydrogens is 1350 g/mol. The van der Waals surface area contributed by atoms with Crippen molar-refractivity contribution in [2.24, 2.45) is 0 Å². The maximum Gasteiger partial charge on any atom is 0.472 e. The highest BCUT2D eigenvalue weighted by atomic mass is 31.2. The second-order valence-electron chi connectivity index (χ2n) is 30.6. The van der Waals surface area contributed by atoms with Crippen molar-refractivity contribution in [3.05, 3.63) is 0 Å². The van der Waals surface area contributed by atoms with Gasteiger partial charge in [-0.1, -0.05) is 413 Å². The number of rotatable bonds is 86. The molecule has 0 saturated carbocycles. The third-order valence-corrected chi connectivity index (χ3v) is 22.0. The van der Waals surface area contributed by atoms with Crippen molar-refractivity contribution in [3.63, 3.8) is 0 Å². The van der Waals surface area contributed by atoms with Gasteiger partial charge >= 0.3 is 39.5 Å². The molecule has 0 aromatic rings. The number of carbonyl (C=O) groups excluding carboxylic acids is 4. The first-order valence-electron chi connectivity index (χ1n) is 44.3. The van der Waals surface area contributed by atoms with Crippen LogP contribution >= 0.6 is 15.6 Å². The Morgan fingerprint density at radius 3 is 0.567 bits per heavy atom. The minimum absolute atomic E-state index is 0.109. The molecule has 0 spiro atoms. The molecule has 0 aromatic carbocycles. The summed E-state index contributed by atoms with van der Waals surface area (Å²) in [6, 6.07) is 0. The van der Waals surface area contributed by atoms with Crippen molar-refractivity contribution in [1.82, 2.24) is 0 Å². The minimum Gasteiger partial charge on any atom is -0.462 e. The van der Waals surface area contributed by atoms with Gasteiger partial charge in [0, 0.05) is 25.7 Å². The summed E-state index contributed by atoms with van der Waals surface area (Å²) in [5.41, 5.74) is 0. The second-order valence-corrected chi connectivity index (χ2v) is 33.5. The summed E-state index contributed by atoms with van der Waals surface area (Å²) in [7, 11) is -9.92. The van der Waals surface area contributed by atoms with Crippen LogP contribution in [0.3, 0.4) is 0 Å². The minimum atomic E-state index is -4.96. The Morgan fingerprint density at radius 2 is 0.385 bits per heavy atom. The number of carbonyl (C=O) groups is 4. The Hall–Kier alpha value is -1.94. The van der Waals surface area contributed by atoms with E-state index in [1.165, 1.54) is 295 Å². The Bertz CT molecular complexity index is 1960. The van der Waals surface area contributed by atoms with Crippen LogP contribution in [0.1, 0.15) is 464 Å². The topological polar surface area (TPSA) is 237 Å². The molecule has 0 aromatic heterocycles. The number of phosphoric ester groups is 2. The van der Waals surface area contributed by atoms with E-state index in [0.717, 1.165) is 89.9 Å². The highest BCUT2D eigenvalue weighted by molar-refractivity contribution is 7.47. The number of ether oxygens (including phenoxy) is 4. The summed E-state index contributed by atoms with van der Waals surface area (Å²) >= 11 is 0. The molecule has 0 radical (unpaired) electrons. The number of aliphatic hydroxyl groups excluding tert-OH is 1. The number of aliphatic hydroxyl groups is 1. The van der Waals surface area contributed by atoms with E-state index in [1.54, 1.807) is 0 Å². The zero-order valence-electron chi connectivity index (χ0n) is 68.0. The van der Waals surface area contributed by atoms with Gasteiger partial charge in [0.05, 0.1) is 26.4 Å². The van der Waals surface area contributed by atoms with Crippen molar-refractivity contribution >= 4 is 39.5 Å².